The number of hydrogen-bond acceptors (Lipinski definition) is 5. The molecule has 164 valence electrons. The molecule has 8 nitrogen and oxygen atoms in total. The molecule has 0 atom stereocenters. The van der Waals surface area contributed by atoms with Gasteiger partial charge in [0.15, 0.2) is 0 Å². The average Bonchev–Trinajstić information content (AvgIpc) is 3.06. The van der Waals surface area contributed by atoms with Crippen molar-refractivity contribution >= 4 is 17.2 Å². The number of carbonyl (C=O) groups excluding carboxylic acids is 1. The maximum atomic E-state index is 13.1. The quantitative estimate of drug-likeness (QED) is 0.509. The molecule has 4 aromatic rings. The van der Waals surface area contributed by atoms with Crippen molar-refractivity contribution in [2.45, 2.75) is 19.6 Å². The highest BCUT2D eigenvalue weighted by Gasteiger charge is 2.33. The van der Waals surface area contributed by atoms with Crippen LogP contribution in [-0.2, 0) is 17.5 Å². The van der Waals surface area contributed by atoms with Crippen LogP contribution in [0.3, 0.4) is 0 Å². The number of para-hydroxylation sites is 2. The van der Waals surface area contributed by atoms with E-state index in [1.807, 2.05) is 19.1 Å². The molecule has 0 spiro atoms. The normalized spacial score (nSPS) is 11.5. The third-order valence-corrected chi connectivity index (χ3v) is 4.57. The van der Waals surface area contributed by atoms with Crippen molar-refractivity contribution in [2.24, 2.45) is 0 Å². The number of fused-ring (bicyclic) bond motifs is 1. The lowest BCUT2D eigenvalue weighted by atomic mass is 10.1. The lowest BCUT2D eigenvalue weighted by molar-refractivity contribution is -0.137. The van der Waals surface area contributed by atoms with Crippen LogP contribution in [0.2, 0.25) is 0 Å². The second-order valence-electron chi connectivity index (χ2n) is 6.83. The molecule has 11 heteroatoms. The van der Waals surface area contributed by atoms with Crippen molar-refractivity contribution in [3.8, 4) is 11.6 Å². The number of anilines is 1. The highest BCUT2D eigenvalue weighted by Crippen LogP contribution is 2.34. The van der Waals surface area contributed by atoms with Gasteiger partial charge in [-0.1, -0.05) is 30.3 Å². The number of carbonyl (C=O) groups is 1. The Labute approximate surface area is 178 Å². The number of nitrogens with one attached hydrogen (secondary N) is 1. The summed E-state index contributed by atoms with van der Waals surface area (Å²) in [4.78, 5) is 29.1. The lowest BCUT2D eigenvalue weighted by Crippen LogP contribution is -2.28. The largest absolute Gasteiger partial charge is 0.436 e. The van der Waals surface area contributed by atoms with Crippen molar-refractivity contribution < 1.29 is 22.7 Å². The first-order valence-corrected chi connectivity index (χ1v) is 9.38. The number of aryl methyl sites for hydroxylation is 1. The van der Waals surface area contributed by atoms with Gasteiger partial charge in [-0.25, -0.2) is 18.9 Å². The molecule has 0 saturated carbocycles. The van der Waals surface area contributed by atoms with Crippen LogP contribution in [0.15, 0.2) is 65.7 Å². The maximum absolute atomic E-state index is 13.1. The van der Waals surface area contributed by atoms with Gasteiger partial charge in [-0.05, 0) is 30.7 Å². The first-order chi connectivity index (χ1) is 15.2. The van der Waals surface area contributed by atoms with Gasteiger partial charge >= 0.3 is 11.9 Å². The minimum Gasteiger partial charge on any atom is -0.436 e. The second-order valence-corrected chi connectivity index (χ2v) is 6.83. The third kappa shape index (κ3) is 4.17. The Hall–Kier alpha value is -4.15. The number of halogens is 3. The molecule has 0 radical (unpaired) electrons. The van der Waals surface area contributed by atoms with Crippen LogP contribution >= 0.6 is 0 Å². The molecular weight excluding hydrogens is 427 g/mol. The van der Waals surface area contributed by atoms with Gasteiger partial charge in [-0.3, -0.25) is 4.79 Å². The standard InChI is InChI=1S/C21H16F3N5O3/c1-13-6-2-5-9-16(13)32-19-18-27-29(20(31)28(18)11-10-25-19)12-17(30)26-15-8-4-3-7-14(15)21(22,23)24/h2-11H,12H2,1H3,(H,26,30). The minimum absolute atomic E-state index is 0.0421. The number of aromatic nitrogens is 4. The highest BCUT2D eigenvalue weighted by atomic mass is 19.4. The van der Waals surface area contributed by atoms with Crippen LogP contribution in [0, 0.1) is 6.92 Å². The SMILES string of the molecule is Cc1ccccc1Oc1nccn2c(=O)n(CC(=O)Nc3ccccc3C(F)(F)F)nc12. The minimum atomic E-state index is -4.64. The topological polar surface area (TPSA) is 90.5 Å². The fraction of sp³-hybridized carbons (Fsp3) is 0.143. The summed E-state index contributed by atoms with van der Waals surface area (Å²) in [6.45, 7) is 1.24. The van der Waals surface area contributed by atoms with Crippen LogP contribution in [0.5, 0.6) is 11.6 Å². The van der Waals surface area contributed by atoms with Gasteiger partial charge in [-0.2, -0.15) is 13.2 Å². The fourth-order valence-corrected chi connectivity index (χ4v) is 3.04. The van der Waals surface area contributed by atoms with Gasteiger partial charge < -0.3 is 10.1 Å². The van der Waals surface area contributed by atoms with E-state index in [1.165, 1.54) is 24.5 Å². The Balaban J connectivity index is 1.61. The van der Waals surface area contributed by atoms with Crippen LogP contribution < -0.4 is 15.7 Å². The molecular formula is C21H16F3N5O3. The van der Waals surface area contributed by atoms with E-state index in [1.54, 1.807) is 12.1 Å². The Morgan fingerprint density at radius 2 is 1.84 bits per heavy atom. The number of alkyl halides is 3. The summed E-state index contributed by atoms with van der Waals surface area (Å²) in [6.07, 6.45) is -1.95. The summed E-state index contributed by atoms with van der Waals surface area (Å²) in [5.41, 5.74) is -1.18. The lowest BCUT2D eigenvalue weighted by Gasteiger charge is -2.13. The molecule has 0 aliphatic rings. The monoisotopic (exact) mass is 443 g/mol. The number of rotatable bonds is 5. The number of hydrogen-bond donors (Lipinski definition) is 1. The third-order valence-electron chi connectivity index (χ3n) is 4.57. The average molecular weight is 443 g/mol. The summed E-state index contributed by atoms with van der Waals surface area (Å²) in [5.74, 6) is -0.293. The van der Waals surface area contributed by atoms with E-state index in [9.17, 15) is 22.8 Å². The highest BCUT2D eigenvalue weighted by molar-refractivity contribution is 5.91. The first-order valence-electron chi connectivity index (χ1n) is 9.38. The molecule has 32 heavy (non-hydrogen) atoms. The van der Waals surface area contributed by atoms with Gasteiger partial charge in [0.1, 0.15) is 12.3 Å². The van der Waals surface area contributed by atoms with E-state index < -0.39 is 35.6 Å². The van der Waals surface area contributed by atoms with Crippen molar-refractivity contribution in [3.63, 3.8) is 0 Å². The summed E-state index contributed by atoms with van der Waals surface area (Å²) >= 11 is 0. The Bertz CT molecular complexity index is 1360. The molecule has 0 unspecified atom stereocenters. The van der Waals surface area contributed by atoms with Crippen molar-refractivity contribution in [1.29, 1.82) is 0 Å². The van der Waals surface area contributed by atoms with Crippen molar-refractivity contribution in [2.75, 3.05) is 5.32 Å². The van der Waals surface area contributed by atoms with Gasteiger partial charge in [0.2, 0.25) is 11.6 Å². The van der Waals surface area contributed by atoms with E-state index in [0.717, 1.165) is 26.8 Å². The molecule has 0 fully saturated rings. The molecule has 2 aromatic heterocycles. The molecule has 0 aliphatic heterocycles. The van der Waals surface area contributed by atoms with Crippen LogP contribution in [0.4, 0.5) is 18.9 Å². The molecule has 2 heterocycles. The van der Waals surface area contributed by atoms with Crippen LogP contribution in [-0.4, -0.2) is 25.1 Å². The van der Waals surface area contributed by atoms with Gasteiger partial charge in [0, 0.05) is 12.4 Å². The molecule has 1 N–H and O–H groups in total. The van der Waals surface area contributed by atoms with E-state index in [-0.39, 0.29) is 11.5 Å². The van der Waals surface area contributed by atoms with Crippen molar-refractivity contribution in [3.05, 3.63) is 82.5 Å². The van der Waals surface area contributed by atoms with E-state index in [0.29, 0.717) is 5.75 Å². The Kier molecular flexibility index (Phi) is 5.39. The predicted octanol–water partition coefficient (Wildman–Crippen LogP) is 3.65. The summed E-state index contributed by atoms with van der Waals surface area (Å²) < 4.78 is 47.1. The summed E-state index contributed by atoms with van der Waals surface area (Å²) in [5, 5.41) is 6.27. The van der Waals surface area contributed by atoms with Gasteiger partial charge in [0.25, 0.3) is 5.88 Å². The molecule has 4 rings (SSSR count). The second kappa shape index (κ2) is 8.17. The molecule has 2 aromatic carbocycles. The summed E-state index contributed by atoms with van der Waals surface area (Å²) in [6, 6.07) is 11.7. The van der Waals surface area contributed by atoms with E-state index in [4.69, 9.17) is 4.74 Å². The number of nitrogens with zero attached hydrogens (tertiary/aromatic N) is 4. The van der Waals surface area contributed by atoms with Crippen LogP contribution in [0.25, 0.3) is 5.65 Å². The zero-order valence-corrected chi connectivity index (χ0v) is 16.6. The molecule has 1 amide bonds. The van der Waals surface area contributed by atoms with Crippen molar-refractivity contribution in [1.82, 2.24) is 19.2 Å². The van der Waals surface area contributed by atoms with E-state index in [2.05, 4.69) is 15.4 Å². The molecule has 0 bridgehead atoms. The zero-order valence-electron chi connectivity index (χ0n) is 16.6. The number of ether oxygens (including phenoxy) is 1. The first kappa shape index (κ1) is 21.1. The fourth-order valence-electron chi connectivity index (χ4n) is 3.04. The predicted molar refractivity (Wildman–Crippen MR) is 109 cm³/mol. The maximum Gasteiger partial charge on any atom is 0.418 e. The number of amides is 1. The van der Waals surface area contributed by atoms with E-state index >= 15 is 0 Å². The Morgan fingerprint density at radius 1 is 1.12 bits per heavy atom. The van der Waals surface area contributed by atoms with Gasteiger partial charge in [0.05, 0.1) is 11.3 Å². The molecule has 0 aliphatic carbocycles. The van der Waals surface area contributed by atoms with Gasteiger partial charge in [-0.15, -0.1) is 5.10 Å². The molecule has 0 saturated heterocycles. The number of benzene rings is 2. The zero-order chi connectivity index (χ0) is 22.9. The Morgan fingerprint density at radius 3 is 2.59 bits per heavy atom. The van der Waals surface area contributed by atoms with Crippen LogP contribution in [0.1, 0.15) is 11.1 Å². The smallest absolute Gasteiger partial charge is 0.418 e. The summed E-state index contributed by atoms with van der Waals surface area (Å²) in [7, 11) is 0.